The molecule has 2 aromatic rings. The number of halogens is 1. The molecule has 0 aliphatic rings. The van der Waals surface area contributed by atoms with Crippen molar-refractivity contribution in [2.75, 3.05) is 5.88 Å². The number of sulfonamides is 1. The molecule has 0 saturated heterocycles. The van der Waals surface area contributed by atoms with E-state index in [0.29, 0.717) is 0 Å². The van der Waals surface area contributed by atoms with Crippen molar-refractivity contribution in [3.63, 3.8) is 0 Å². The molecule has 0 radical (unpaired) electrons. The summed E-state index contributed by atoms with van der Waals surface area (Å²) in [5, 5.41) is 0. The van der Waals surface area contributed by atoms with Crippen molar-refractivity contribution >= 4 is 27.4 Å². The van der Waals surface area contributed by atoms with Crippen LogP contribution >= 0.6 is 11.6 Å². The second-order valence-corrected chi connectivity index (χ2v) is 7.26. The molecule has 0 heterocycles. The van der Waals surface area contributed by atoms with Crippen LogP contribution in [0.5, 0.6) is 0 Å². The molecule has 0 aromatic heterocycles. The maximum Gasteiger partial charge on any atom is 0.241 e. The topological polar surface area (TPSA) is 63.2 Å². The van der Waals surface area contributed by atoms with Gasteiger partial charge in [0.2, 0.25) is 10.0 Å². The molecule has 0 fully saturated rings. The molecule has 0 aliphatic heterocycles. The molecule has 4 nitrogen and oxygen atoms in total. The van der Waals surface area contributed by atoms with Crippen LogP contribution in [0.2, 0.25) is 0 Å². The van der Waals surface area contributed by atoms with Crippen LogP contribution in [0.15, 0.2) is 59.5 Å². The molecular weight excluding hydrogens is 334 g/mol. The number of benzene rings is 2. The van der Waals surface area contributed by atoms with Crippen molar-refractivity contribution in [3.8, 4) is 0 Å². The van der Waals surface area contributed by atoms with E-state index in [4.69, 9.17) is 11.6 Å². The second kappa shape index (κ2) is 7.73. The lowest BCUT2D eigenvalue weighted by Gasteiger charge is -2.18. The highest BCUT2D eigenvalue weighted by Gasteiger charge is 2.23. The average molecular weight is 352 g/mol. The third kappa shape index (κ3) is 4.89. The standard InChI is InChI=1S/C17H18ClNO3S/c1-13-7-9-16(10-8-13)23(21,22)19-17(11-15(20)12-18)14-5-3-2-4-6-14/h2-10,17,19H,11-12H2,1H3. The van der Waals surface area contributed by atoms with Crippen molar-refractivity contribution in [1.82, 2.24) is 4.72 Å². The number of carbonyl (C=O) groups is 1. The molecule has 0 saturated carbocycles. The Kier molecular flexibility index (Phi) is 5.93. The zero-order valence-electron chi connectivity index (χ0n) is 12.7. The summed E-state index contributed by atoms with van der Waals surface area (Å²) in [6.45, 7) is 1.88. The van der Waals surface area contributed by atoms with Gasteiger partial charge in [0.15, 0.2) is 0 Å². The van der Waals surface area contributed by atoms with Crippen LogP contribution in [-0.4, -0.2) is 20.1 Å². The van der Waals surface area contributed by atoms with Gasteiger partial charge >= 0.3 is 0 Å². The number of nitrogens with one attached hydrogen (secondary N) is 1. The van der Waals surface area contributed by atoms with Gasteiger partial charge in [-0.3, -0.25) is 4.79 Å². The number of alkyl halides is 1. The average Bonchev–Trinajstić information content (AvgIpc) is 2.55. The zero-order chi connectivity index (χ0) is 16.9. The van der Waals surface area contributed by atoms with E-state index in [1.807, 2.05) is 13.0 Å². The Labute approximate surface area is 141 Å². The third-order valence-electron chi connectivity index (χ3n) is 3.41. The number of hydrogen-bond acceptors (Lipinski definition) is 3. The van der Waals surface area contributed by atoms with Crippen molar-refractivity contribution in [3.05, 3.63) is 65.7 Å². The maximum absolute atomic E-state index is 12.5. The monoisotopic (exact) mass is 351 g/mol. The molecule has 2 rings (SSSR count). The van der Waals surface area contributed by atoms with Gasteiger partial charge in [0, 0.05) is 6.42 Å². The van der Waals surface area contributed by atoms with E-state index in [1.165, 1.54) is 0 Å². The summed E-state index contributed by atoms with van der Waals surface area (Å²) < 4.78 is 27.7. The normalized spacial score (nSPS) is 12.8. The Bertz CT molecular complexity index is 758. The maximum atomic E-state index is 12.5. The lowest BCUT2D eigenvalue weighted by atomic mass is 10.0. The second-order valence-electron chi connectivity index (χ2n) is 5.27. The number of rotatable bonds is 7. The Hall–Kier alpha value is -1.69. The summed E-state index contributed by atoms with van der Waals surface area (Å²) in [5.74, 6) is -0.359. The van der Waals surface area contributed by atoms with Gasteiger partial charge in [-0.1, -0.05) is 48.0 Å². The van der Waals surface area contributed by atoms with Gasteiger partial charge in [0.25, 0.3) is 0 Å². The predicted octanol–water partition coefficient (Wildman–Crippen LogP) is 3.21. The van der Waals surface area contributed by atoms with Crippen LogP contribution < -0.4 is 4.72 Å². The molecule has 1 N–H and O–H groups in total. The Morgan fingerprint density at radius 3 is 2.26 bits per heavy atom. The lowest BCUT2D eigenvalue weighted by molar-refractivity contribution is -0.117. The first-order valence-corrected chi connectivity index (χ1v) is 9.16. The van der Waals surface area contributed by atoms with Crippen LogP contribution in [-0.2, 0) is 14.8 Å². The largest absolute Gasteiger partial charge is 0.298 e. The highest BCUT2D eigenvalue weighted by Crippen LogP contribution is 2.21. The first-order chi connectivity index (χ1) is 10.9. The predicted molar refractivity (Wildman–Crippen MR) is 91.0 cm³/mol. The van der Waals surface area contributed by atoms with Gasteiger partial charge in [0.1, 0.15) is 5.78 Å². The highest BCUT2D eigenvalue weighted by atomic mass is 35.5. The van der Waals surface area contributed by atoms with E-state index in [1.54, 1.807) is 48.5 Å². The molecule has 6 heteroatoms. The summed E-state index contributed by atoms with van der Waals surface area (Å²) >= 11 is 5.56. The van der Waals surface area contributed by atoms with Gasteiger partial charge in [0.05, 0.1) is 16.8 Å². The summed E-state index contributed by atoms with van der Waals surface area (Å²) in [6, 6.07) is 14.9. The number of aryl methyl sites for hydroxylation is 1. The van der Waals surface area contributed by atoms with Crippen LogP contribution in [0, 0.1) is 6.92 Å². The van der Waals surface area contributed by atoms with Crippen LogP contribution in [0.4, 0.5) is 0 Å². The zero-order valence-corrected chi connectivity index (χ0v) is 14.3. The molecule has 0 amide bonds. The minimum Gasteiger partial charge on any atom is -0.298 e. The number of hydrogen-bond donors (Lipinski definition) is 1. The molecule has 0 spiro atoms. The van der Waals surface area contributed by atoms with Crippen LogP contribution in [0.1, 0.15) is 23.6 Å². The first-order valence-electron chi connectivity index (χ1n) is 7.14. The highest BCUT2D eigenvalue weighted by molar-refractivity contribution is 7.89. The van der Waals surface area contributed by atoms with Gasteiger partial charge in [-0.2, -0.15) is 0 Å². The number of carbonyl (C=O) groups excluding carboxylic acids is 1. The number of Topliss-reactive ketones (excluding diaryl/α,β-unsaturated/α-hetero) is 1. The lowest BCUT2D eigenvalue weighted by Crippen LogP contribution is -2.30. The number of ketones is 1. The molecule has 1 unspecified atom stereocenters. The summed E-state index contributed by atoms with van der Waals surface area (Å²) in [6.07, 6.45) is 0.0125. The molecule has 23 heavy (non-hydrogen) atoms. The van der Waals surface area contributed by atoms with Gasteiger partial charge in [-0.05, 0) is 24.6 Å². The molecule has 122 valence electrons. The fraction of sp³-hybridized carbons (Fsp3) is 0.235. The SMILES string of the molecule is Cc1ccc(S(=O)(=O)NC(CC(=O)CCl)c2ccccc2)cc1. The van der Waals surface area contributed by atoms with Crippen molar-refractivity contribution in [2.45, 2.75) is 24.3 Å². The summed E-state index contributed by atoms with van der Waals surface area (Å²) in [4.78, 5) is 11.9. The molecule has 2 aromatic carbocycles. The smallest absolute Gasteiger partial charge is 0.241 e. The summed E-state index contributed by atoms with van der Waals surface area (Å²) in [7, 11) is -3.72. The Balaban J connectivity index is 2.29. The van der Waals surface area contributed by atoms with Crippen molar-refractivity contribution < 1.29 is 13.2 Å². The van der Waals surface area contributed by atoms with Gasteiger partial charge in [-0.15, -0.1) is 11.6 Å². The van der Waals surface area contributed by atoms with E-state index in [-0.39, 0.29) is 23.0 Å². The minimum absolute atomic E-state index is 0.0125. The van der Waals surface area contributed by atoms with Gasteiger partial charge < -0.3 is 0 Å². The minimum atomic E-state index is -3.72. The van der Waals surface area contributed by atoms with E-state index in [2.05, 4.69) is 4.72 Å². The van der Waals surface area contributed by atoms with Crippen LogP contribution in [0.25, 0.3) is 0 Å². The molecule has 0 bridgehead atoms. The third-order valence-corrected chi connectivity index (χ3v) is 5.20. The Morgan fingerprint density at radius 2 is 1.70 bits per heavy atom. The molecule has 1 atom stereocenters. The first kappa shape index (κ1) is 17.7. The molecule has 0 aliphatic carbocycles. The van der Waals surface area contributed by atoms with Crippen molar-refractivity contribution in [1.29, 1.82) is 0 Å². The van der Waals surface area contributed by atoms with E-state index in [0.717, 1.165) is 11.1 Å². The van der Waals surface area contributed by atoms with E-state index in [9.17, 15) is 13.2 Å². The van der Waals surface area contributed by atoms with Gasteiger partial charge in [-0.25, -0.2) is 13.1 Å². The summed E-state index contributed by atoms with van der Waals surface area (Å²) in [5.41, 5.74) is 1.70. The van der Waals surface area contributed by atoms with Crippen LogP contribution in [0.3, 0.4) is 0 Å². The quantitative estimate of drug-likeness (QED) is 0.779. The Morgan fingerprint density at radius 1 is 1.09 bits per heavy atom. The van der Waals surface area contributed by atoms with E-state index < -0.39 is 16.1 Å². The van der Waals surface area contributed by atoms with E-state index >= 15 is 0 Å². The molecular formula is C17H18ClNO3S. The van der Waals surface area contributed by atoms with Crippen molar-refractivity contribution in [2.24, 2.45) is 0 Å². The fourth-order valence-electron chi connectivity index (χ4n) is 2.17. The fourth-order valence-corrected chi connectivity index (χ4v) is 3.50.